The Kier molecular flexibility index (Phi) is 3.46. The molecule has 1 fully saturated rings. The van der Waals surface area contributed by atoms with Gasteiger partial charge in [-0.2, -0.15) is 4.98 Å². The van der Waals surface area contributed by atoms with E-state index in [1.54, 1.807) is 7.11 Å². The summed E-state index contributed by atoms with van der Waals surface area (Å²) in [7, 11) is 1.62. The van der Waals surface area contributed by atoms with Gasteiger partial charge in [0.1, 0.15) is 6.10 Å². The monoisotopic (exact) mass is 241 g/mol. The number of β-amino-alcohol motifs (C(OH)–C–C–N with tert-alkyl or cyclic N) is 1. The van der Waals surface area contributed by atoms with Crippen molar-refractivity contribution in [3.05, 3.63) is 11.7 Å². The second-order valence-electron chi connectivity index (χ2n) is 4.82. The first-order chi connectivity index (χ1) is 8.07. The number of methoxy groups -OCH3 is 1. The van der Waals surface area contributed by atoms with Crippen LogP contribution >= 0.6 is 0 Å². The minimum atomic E-state index is -1.03. The normalized spacial score (nSPS) is 26.6. The summed E-state index contributed by atoms with van der Waals surface area (Å²) < 4.78 is 10.5. The Hall–Kier alpha value is -0.980. The molecule has 2 atom stereocenters. The highest BCUT2D eigenvalue weighted by Gasteiger charge is 2.39. The average Bonchev–Trinajstić information content (AvgIpc) is 2.88. The van der Waals surface area contributed by atoms with Crippen LogP contribution in [-0.2, 0) is 10.3 Å². The van der Waals surface area contributed by atoms with Crippen LogP contribution in [0.5, 0.6) is 0 Å². The van der Waals surface area contributed by atoms with Gasteiger partial charge in [-0.3, -0.25) is 0 Å². The van der Waals surface area contributed by atoms with Gasteiger partial charge in [0, 0.05) is 13.7 Å². The molecule has 1 saturated heterocycles. The zero-order valence-corrected chi connectivity index (χ0v) is 10.4. The lowest BCUT2D eigenvalue weighted by Gasteiger charge is -2.16. The molecule has 1 aromatic heterocycles. The number of hydrogen-bond donors (Lipinski definition) is 2. The molecule has 96 valence electrons. The summed E-state index contributed by atoms with van der Waals surface area (Å²) in [5.41, 5.74) is -1.03. The number of ether oxygens (including phenoxy) is 1. The molecule has 0 spiro atoms. The molecule has 1 aliphatic heterocycles. The number of nitrogens with zero attached hydrogens (tertiary/aromatic N) is 2. The van der Waals surface area contributed by atoms with Gasteiger partial charge < -0.3 is 19.7 Å². The summed E-state index contributed by atoms with van der Waals surface area (Å²) in [6.07, 6.45) is 0.388. The van der Waals surface area contributed by atoms with Gasteiger partial charge in [-0.15, -0.1) is 0 Å². The minimum absolute atomic E-state index is 0.203. The Bertz CT molecular complexity index is 372. The van der Waals surface area contributed by atoms with Gasteiger partial charge in [0.2, 0.25) is 5.82 Å². The van der Waals surface area contributed by atoms with E-state index in [-0.39, 0.29) is 17.9 Å². The van der Waals surface area contributed by atoms with Crippen molar-refractivity contribution in [2.75, 3.05) is 20.2 Å². The lowest BCUT2D eigenvalue weighted by Crippen LogP contribution is -2.28. The van der Waals surface area contributed by atoms with Crippen LogP contribution in [0.2, 0.25) is 0 Å². The van der Waals surface area contributed by atoms with Crippen LogP contribution in [0.15, 0.2) is 4.52 Å². The SMILES string of the molecule is COC(c1noc(C2(O)CCNC2)n1)C(C)C. The van der Waals surface area contributed by atoms with E-state index in [1.807, 2.05) is 13.8 Å². The second kappa shape index (κ2) is 4.72. The Morgan fingerprint density at radius 3 is 2.82 bits per heavy atom. The zero-order valence-electron chi connectivity index (χ0n) is 10.4. The highest BCUT2D eigenvalue weighted by molar-refractivity contribution is 5.04. The molecule has 1 aliphatic rings. The van der Waals surface area contributed by atoms with Crippen molar-refractivity contribution in [3.8, 4) is 0 Å². The molecule has 6 heteroatoms. The van der Waals surface area contributed by atoms with E-state index in [0.717, 1.165) is 6.54 Å². The standard InChI is InChI=1S/C11H19N3O3/c1-7(2)8(16-3)9-13-10(17-14-9)11(15)4-5-12-6-11/h7-8,12,15H,4-6H2,1-3H3. The molecule has 0 amide bonds. The number of rotatable bonds is 4. The van der Waals surface area contributed by atoms with E-state index >= 15 is 0 Å². The summed E-state index contributed by atoms with van der Waals surface area (Å²) in [6.45, 7) is 5.26. The molecular weight excluding hydrogens is 222 g/mol. The highest BCUT2D eigenvalue weighted by atomic mass is 16.5. The van der Waals surface area contributed by atoms with Crippen LogP contribution in [0, 0.1) is 5.92 Å². The molecule has 0 aliphatic carbocycles. The average molecular weight is 241 g/mol. The Labute approximate surface area is 100 Å². The van der Waals surface area contributed by atoms with Crippen LogP contribution in [-0.4, -0.2) is 35.4 Å². The van der Waals surface area contributed by atoms with Crippen molar-refractivity contribution >= 4 is 0 Å². The largest absolute Gasteiger partial charge is 0.379 e. The maximum atomic E-state index is 10.3. The van der Waals surface area contributed by atoms with E-state index in [4.69, 9.17) is 9.26 Å². The lowest BCUT2D eigenvalue weighted by atomic mass is 10.0. The highest BCUT2D eigenvalue weighted by Crippen LogP contribution is 2.29. The smallest absolute Gasteiger partial charge is 0.260 e. The first kappa shape index (κ1) is 12.5. The fourth-order valence-electron chi connectivity index (χ4n) is 2.08. The summed E-state index contributed by atoms with van der Waals surface area (Å²) in [4.78, 5) is 4.26. The molecule has 2 unspecified atom stereocenters. The van der Waals surface area contributed by atoms with Crippen molar-refractivity contribution < 1.29 is 14.4 Å². The summed E-state index contributed by atoms with van der Waals surface area (Å²) in [6, 6.07) is 0. The fraction of sp³-hybridized carbons (Fsp3) is 0.818. The molecule has 2 heterocycles. The van der Waals surface area contributed by atoms with Crippen LogP contribution in [0.4, 0.5) is 0 Å². The van der Waals surface area contributed by atoms with Crippen molar-refractivity contribution in [3.63, 3.8) is 0 Å². The Morgan fingerprint density at radius 1 is 1.53 bits per heavy atom. The third-order valence-corrected chi connectivity index (χ3v) is 3.09. The van der Waals surface area contributed by atoms with Gasteiger partial charge in [-0.05, 0) is 18.9 Å². The predicted molar refractivity (Wildman–Crippen MR) is 60.3 cm³/mol. The van der Waals surface area contributed by atoms with E-state index in [1.165, 1.54) is 0 Å². The quantitative estimate of drug-likeness (QED) is 0.803. The van der Waals surface area contributed by atoms with E-state index in [2.05, 4.69) is 15.5 Å². The third kappa shape index (κ3) is 2.34. The first-order valence-electron chi connectivity index (χ1n) is 5.87. The van der Waals surface area contributed by atoms with Gasteiger partial charge in [-0.1, -0.05) is 19.0 Å². The molecule has 0 radical (unpaired) electrons. The van der Waals surface area contributed by atoms with Crippen LogP contribution in [0.1, 0.15) is 38.1 Å². The predicted octanol–water partition coefficient (Wildman–Crippen LogP) is 0.594. The van der Waals surface area contributed by atoms with E-state index < -0.39 is 5.60 Å². The fourth-order valence-corrected chi connectivity index (χ4v) is 2.08. The molecule has 1 aromatic rings. The first-order valence-corrected chi connectivity index (χ1v) is 5.87. The Morgan fingerprint density at radius 2 is 2.29 bits per heavy atom. The lowest BCUT2D eigenvalue weighted by molar-refractivity contribution is 0.0242. The number of aromatic nitrogens is 2. The summed E-state index contributed by atoms with van der Waals surface area (Å²) in [5.74, 6) is 1.03. The van der Waals surface area contributed by atoms with Crippen molar-refractivity contribution in [1.82, 2.24) is 15.5 Å². The van der Waals surface area contributed by atoms with E-state index in [0.29, 0.717) is 18.8 Å². The summed E-state index contributed by atoms with van der Waals surface area (Å²) in [5, 5.41) is 17.2. The minimum Gasteiger partial charge on any atom is -0.379 e. The van der Waals surface area contributed by atoms with Crippen molar-refractivity contribution in [2.24, 2.45) is 5.92 Å². The molecule has 0 saturated carbocycles. The topological polar surface area (TPSA) is 80.4 Å². The molecular formula is C11H19N3O3. The van der Waals surface area contributed by atoms with Gasteiger partial charge in [-0.25, -0.2) is 0 Å². The van der Waals surface area contributed by atoms with Crippen LogP contribution < -0.4 is 5.32 Å². The maximum Gasteiger partial charge on any atom is 0.260 e. The van der Waals surface area contributed by atoms with Gasteiger partial charge in [0.15, 0.2) is 5.60 Å². The molecule has 0 aromatic carbocycles. The van der Waals surface area contributed by atoms with Crippen LogP contribution in [0.3, 0.4) is 0 Å². The van der Waals surface area contributed by atoms with Crippen molar-refractivity contribution in [1.29, 1.82) is 0 Å². The van der Waals surface area contributed by atoms with Crippen molar-refractivity contribution in [2.45, 2.75) is 32.0 Å². The molecule has 2 N–H and O–H groups in total. The molecule has 6 nitrogen and oxygen atoms in total. The van der Waals surface area contributed by atoms with Gasteiger partial charge >= 0.3 is 0 Å². The number of nitrogens with one attached hydrogen (secondary N) is 1. The number of hydrogen-bond acceptors (Lipinski definition) is 6. The number of aliphatic hydroxyl groups is 1. The van der Waals surface area contributed by atoms with Gasteiger partial charge in [0.25, 0.3) is 5.89 Å². The molecule has 17 heavy (non-hydrogen) atoms. The van der Waals surface area contributed by atoms with E-state index in [9.17, 15) is 5.11 Å². The zero-order chi connectivity index (χ0) is 12.5. The van der Waals surface area contributed by atoms with Gasteiger partial charge in [0.05, 0.1) is 0 Å². The van der Waals surface area contributed by atoms with Crippen LogP contribution in [0.25, 0.3) is 0 Å². The second-order valence-corrected chi connectivity index (χ2v) is 4.82. The maximum absolute atomic E-state index is 10.3. The summed E-state index contributed by atoms with van der Waals surface area (Å²) >= 11 is 0. The molecule has 2 rings (SSSR count). The molecule has 0 bridgehead atoms. The Balaban J connectivity index is 2.20. The third-order valence-electron chi connectivity index (χ3n) is 3.09.